The van der Waals surface area contributed by atoms with Crippen LogP contribution in [-0.4, -0.2) is 5.54 Å². The lowest BCUT2D eigenvalue weighted by atomic mass is 9.85. The number of nitrogens with two attached hydrogens (primary N) is 1. The highest BCUT2D eigenvalue weighted by Crippen LogP contribution is 2.24. The predicted octanol–water partition coefficient (Wildman–Crippen LogP) is 9.93. The zero-order valence-electron chi connectivity index (χ0n) is 22.9. The summed E-state index contributed by atoms with van der Waals surface area (Å²) in [6.07, 6.45) is 23.7. The van der Waals surface area contributed by atoms with Crippen LogP contribution in [0.5, 0.6) is 0 Å². The van der Waals surface area contributed by atoms with Gasteiger partial charge in [-0.1, -0.05) is 69.9 Å². The van der Waals surface area contributed by atoms with Crippen molar-refractivity contribution in [3.8, 4) is 0 Å². The predicted molar refractivity (Wildman–Crippen MR) is 148 cm³/mol. The van der Waals surface area contributed by atoms with Crippen LogP contribution in [0.25, 0.3) is 0 Å². The summed E-state index contributed by atoms with van der Waals surface area (Å²) in [7, 11) is 0. The van der Waals surface area contributed by atoms with Crippen molar-refractivity contribution in [2.24, 2.45) is 5.73 Å². The van der Waals surface area contributed by atoms with Crippen LogP contribution in [0.3, 0.4) is 0 Å². The molecule has 2 N–H and O–H groups in total. The van der Waals surface area contributed by atoms with Gasteiger partial charge in [0.2, 0.25) is 0 Å². The van der Waals surface area contributed by atoms with E-state index in [1.807, 2.05) is 0 Å². The molecule has 182 valence electrons. The van der Waals surface area contributed by atoms with Crippen molar-refractivity contribution in [2.45, 2.75) is 126 Å². The Morgan fingerprint density at radius 2 is 0.719 bits per heavy atom. The van der Waals surface area contributed by atoms with Crippen molar-refractivity contribution in [3.05, 3.63) is 69.9 Å². The Hall–Kier alpha value is -1.60. The van der Waals surface area contributed by atoms with Crippen LogP contribution in [0.4, 0.5) is 0 Å². The van der Waals surface area contributed by atoms with E-state index in [9.17, 15) is 0 Å². The van der Waals surface area contributed by atoms with E-state index < -0.39 is 0 Å². The molecule has 0 spiro atoms. The van der Waals surface area contributed by atoms with Gasteiger partial charge in [-0.2, -0.15) is 0 Å². The summed E-state index contributed by atoms with van der Waals surface area (Å²) in [6, 6.07) is 0. The summed E-state index contributed by atoms with van der Waals surface area (Å²) in [5.41, 5.74) is 15.3. The van der Waals surface area contributed by atoms with E-state index in [4.69, 9.17) is 5.73 Å². The van der Waals surface area contributed by atoms with Crippen molar-refractivity contribution in [1.82, 2.24) is 0 Å². The molecule has 0 atom stereocenters. The van der Waals surface area contributed by atoms with E-state index in [2.05, 4.69) is 98.8 Å². The molecule has 0 aromatic carbocycles. The largest absolute Gasteiger partial charge is 0.324 e. The first-order valence-corrected chi connectivity index (χ1v) is 12.6. The van der Waals surface area contributed by atoms with Crippen molar-refractivity contribution >= 4 is 0 Å². The highest BCUT2D eigenvalue weighted by molar-refractivity contribution is 5.13. The molecule has 0 aromatic rings. The maximum absolute atomic E-state index is 7.00. The number of hydrogen-bond acceptors (Lipinski definition) is 1. The normalized spacial score (nSPS) is 13.1. The van der Waals surface area contributed by atoms with Crippen LogP contribution in [0.2, 0.25) is 0 Å². The van der Waals surface area contributed by atoms with Gasteiger partial charge in [0.1, 0.15) is 0 Å². The van der Waals surface area contributed by atoms with E-state index in [0.29, 0.717) is 0 Å². The van der Waals surface area contributed by atoms with E-state index in [0.717, 1.165) is 57.8 Å². The zero-order chi connectivity index (χ0) is 24.6. The first-order chi connectivity index (χ1) is 14.9. The van der Waals surface area contributed by atoms with Gasteiger partial charge in [0.05, 0.1) is 0 Å². The molecular formula is C31H53N. The Kier molecular flexibility index (Phi) is 16.1. The van der Waals surface area contributed by atoms with Gasteiger partial charge < -0.3 is 5.73 Å². The number of rotatable bonds is 15. The van der Waals surface area contributed by atoms with Crippen LogP contribution < -0.4 is 5.73 Å². The lowest BCUT2D eigenvalue weighted by molar-refractivity contribution is 0.435. The van der Waals surface area contributed by atoms with E-state index in [1.165, 1.54) is 33.4 Å². The molecule has 0 aliphatic carbocycles. The summed E-state index contributed by atoms with van der Waals surface area (Å²) in [6.45, 7) is 19.8. The molecule has 0 unspecified atom stereocenters. The molecule has 0 radical (unpaired) electrons. The molecule has 0 aliphatic heterocycles. The molecule has 0 bridgehead atoms. The summed E-state index contributed by atoms with van der Waals surface area (Å²) in [5, 5.41) is 0. The van der Waals surface area contributed by atoms with Crippen LogP contribution in [-0.2, 0) is 0 Å². The van der Waals surface area contributed by atoms with Gasteiger partial charge in [-0.15, -0.1) is 0 Å². The first kappa shape index (κ1) is 30.4. The minimum atomic E-state index is -0.215. The minimum absolute atomic E-state index is 0.215. The van der Waals surface area contributed by atoms with Gasteiger partial charge >= 0.3 is 0 Å². The Morgan fingerprint density at radius 3 is 0.938 bits per heavy atom. The molecule has 0 amide bonds. The Labute approximate surface area is 201 Å². The van der Waals surface area contributed by atoms with Crippen molar-refractivity contribution in [3.63, 3.8) is 0 Å². The maximum Gasteiger partial charge on any atom is 0.0259 e. The van der Waals surface area contributed by atoms with Crippen LogP contribution in [0.1, 0.15) is 120 Å². The summed E-state index contributed by atoms with van der Waals surface area (Å²) in [5.74, 6) is 0. The molecule has 1 nitrogen and oxygen atoms in total. The van der Waals surface area contributed by atoms with Crippen LogP contribution in [0, 0.1) is 0 Å². The third-order valence-electron chi connectivity index (χ3n) is 5.84. The van der Waals surface area contributed by atoms with Crippen molar-refractivity contribution < 1.29 is 0 Å². The van der Waals surface area contributed by atoms with Gasteiger partial charge in [0.25, 0.3) is 0 Å². The average molecular weight is 440 g/mol. The SMILES string of the molecule is CC(C)=CCC/C(C)=C\CC(N)(C/C=C(/C)CCC=C(C)C)C/C=C(/C)CCC=C(C)C. The van der Waals surface area contributed by atoms with E-state index in [1.54, 1.807) is 0 Å². The molecule has 32 heavy (non-hydrogen) atoms. The van der Waals surface area contributed by atoms with Crippen LogP contribution in [0.15, 0.2) is 69.9 Å². The molecule has 0 saturated heterocycles. The standard InChI is InChI=1S/C31H53N/c1-25(2)13-10-16-28(7)19-22-31(32,23-20-29(8)17-11-14-26(3)4)24-21-30(9)18-12-15-27(5)6/h13-15,19-21H,10-12,16-18,22-24,32H2,1-9H3/b28-19-,29-20-,30-21-. The lowest BCUT2D eigenvalue weighted by Crippen LogP contribution is -2.38. The Balaban J connectivity index is 5.23. The second-order valence-electron chi connectivity index (χ2n) is 10.6. The van der Waals surface area contributed by atoms with E-state index >= 15 is 0 Å². The minimum Gasteiger partial charge on any atom is -0.324 e. The number of hydrogen-bond donors (Lipinski definition) is 1. The van der Waals surface area contributed by atoms with Crippen molar-refractivity contribution in [1.29, 1.82) is 0 Å². The van der Waals surface area contributed by atoms with Gasteiger partial charge in [-0.05, 0) is 120 Å². The second-order valence-corrected chi connectivity index (χ2v) is 10.6. The fourth-order valence-electron chi connectivity index (χ4n) is 3.45. The number of allylic oxidation sites excluding steroid dienone is 9. The summed E-state index contributed by atoms with van der Waals surface area (Å²) >= 11 is 0. The van der Waals surface area contributed by atoms with Crippen LogP contribution >= 0.6 is 0 Å². The van der Waals surface area contributed by atoms with Gasteiger partial charge in [-0.25, -0.2) is 0 Å². The fraction of sp³-hybridized carbons (Fsp3) is 0.613. The smallest absolute Gasteiger partial charge is 0.0259 e. The van der Waals surface area contributed by atoms with Gasteiger partial charge in [0, 0.05) is 5.54 Å². The van der Waals surface area contributed by atoms with Gasteiger partial charge in [0.15, 0.2) is 0 Å². The highest BCUT2D eigenvalue weighted by atomic mass is 14.7. The molecule has 0 heterocycles. The molecule has 0 saturated carbocycles. The molecule has 0 fully saturated rings. The molecular weight excluding hydrogens is 386 g/mol. The topological polar surface area (TPSA) is 26.0 Å². The Morgan fingerprint density at radius 1 is 0.469 bits per heavy atom. The summed E-state index contributed by atoms with van der Waals surface area (Å²) < 4.78 is 0. The first-order valence-electron chi connectivity index (χ1n) is 12.6. The summed E-state index contributed by atoms with van der Waals surface area (Å²) in [4.78, 5) is 0. The monoisotopic (exact) mass is 439 g/mol. The lowest BCUT2D eigenvalue weighted by Gasteiger charge is -2.27. The second kappa shape index (κ2) is 17.0. The molecule has 0 aromatic heterocycles. The average Bonchev–Trinajstić information content (AvgIpc) is 2.69. The maximum atomic E-state index is 7.00. The molecule has 0 aliphatic rings. The third kappa shape index (κ3) is 18.0. The molecule has 0 rings (SSSR count). The van der Waals surface area contributed by atoms with E-state index in [-0.39, 0.29) is 5.54 Å². The highest BCUT2D eigenvalue weighted by Gasteiger charge is 2.21. The van der Waals surface area contributed by atoms with Crippen molar-refractivity contribution in [2.75, 3.05) is 0 Å². The third-order valence-corrected chi connectivity index (χ3v) is 5.84. The molecule has 1 heteroatoms. The quantitative estimate of drug-likeness (QED) is 0.252. The fourth-order valence-corrected chi connectivity index (χ4v) is 3.45. The Bertz CT molecular complexity index is 612. The van der Waals surface area contributed by atoms with Gasteiger partial charge in [-0.3, -0.25) is 0 Å². The zero-order valence-corrected chi connectivity index (χ0v) is 22.9.